The van der Waals surface area contributed by atoms with Crippen LogP contribution in [0, 0.1) is 5.92 Å². The SMILES string of the molecule is FC(F)(F)[N+]12CCC(CC1)C2. The summed E-state index contributed by atoms with van der Waals surface area (Å²) < 4.78 is 36.7. The number of nitrogens with zero attached hydrogens (tertiary/aromatic N) is 1. The molecule has 0 spiro atoms. The predicted molar refractivity (Wildman–Crippen MR) is 33.6 cm³/mol. The fraction of sp³-hybridized carbons (Fsp3) is 1.00. The Morgan fingerprint density at radius 1 is 1.09 bits per heavy atom. The first kappa shape index (κ1) is 7.40. The average molecular weight is 166 g/mol. The number of fused-ring (bicyclic) bond motifs is 2. The highest BCUT2D eigenvalue weighted by Crippen LogP contribution is 2.44. The van der Waals surface area contributed by atoms with Crippen LogP contribution in [-0.4, -0.2) is 30.4 Å². The number of piperidine rings is 1. The van der Waals surface area contributed by atoms with Crippen molar-refractivity contribution in [1.82, 2.24) is 0 Å². The summed E-state index contributed by atoms with van der Waals surface area (Å²) in [7, 11) is 0. The van der Waals surface area contributed by atoms with Crippen molar-refractivity contribution in [2.45, 2.75) is 19.1 Å². The van der Waals surface area contributed by atoms with Gasteiger partial charge in [0.05, 0.1) is 19.6 Å². The summed E-state index contributed by atoms with van der Waals surface area (Å²) in [5.74, 6) is 0.358. The maximum absolute atomic E-state index is 12.4. The largest absolute Gasteiger partial charge is 0.561 e. The zero-order valence-electron chi connectivity index (χ0n) is 6.19. The van der Waals surface area contributed by atoms with Gasteiger partial charge in [-0.15, -0.1) is 13.2 Å². The van der Waals surface area contributed by atoms with Gasteiger partial charge in [0.15, 0.2) is 0 Å². The molecule has 0 aromatic heterocycles. The van der Waals surface area contributed by atoms with Gasteiger partial charge in [-0.25, -0.2) is 4.48 Å². The van der Waals surface area contributed by atoms with E-state index in [9.17, 15) is 13.2 Å². The molecule has 4 heteroatoms. The minimum absolute atomic E-state index is 0.328. The smallest absolute Gasteiger partial charge is 0.230 e. The third-order valence-corrected chi connectivity index (χ3v) is 3.08. The van der Waals surface area contributed by atoms with Crippen molar-refractivity contribution in [2.24, 2.45) is 5.92 Å². The van der Waals surface area contributed by atoms with Gasteiger partial charge in [-0.3, -0.25) is 0 Å². The monoisotopic (exact) mass is 166 g/mol. The van der Waals surface area contributed by atoms with Gasteiger partial charge in [-0.05, 0) is 0 Å². The van der Waals surface area contributed by atoms with Crippen LogP contribution in [0.5, 0.6) is 0 Å². The first-order valence-corrected chi connectivity index (χ1v) is 3.96. The Bertz CT molecular complexity index is 167. The van der Waals surface area contributed by atoms with Gasteiger partial charge in [0, 0.05) is 18.8 Å². The molecular formula is C7H11F3N+. The topological polar surface area (TPSA) is 0 Å². The van der Waals surface area contributed by atoms with Gasteiger partial charge in [0.25, 0.3) is 0 Å². The predicted octanol–water partition coefficient (Wildman–Crippen LogP) is 1.75. The second-order valence-electron chi connectivity index (χ2n) is 3.69. The van der Waals surface area contributed by atoms with Gasteiger partial charge >= 0.3 is 6.30 Å². The van der Waals surface area contributed by atoms with Crippen molar-refractivity contribution in [3.63, 3.8) is 0 Å². The van der Waals surface area contributed by atoms with Gasteiger partial charge in [0.1, 0.15) is 0 Å². The van der Waals surface area contributed by atoms with E-state index in [2.05, 4.69) is 0 Å². The second-order valence-corrected chi connectivity index (χ2v) is 3.69. The molecule has 0 N–H and O–H groups in total. The van der Waals surface area contributed by atoms with E-state index < -0.39 is 10.8 Å². The fourth-order valence-electron chi connectivity index (χ4n) is 2.33. The van der Waals surface area contributed by atoms with Gasteiger partial charge < -0.3 is 0 Å². The van der Waals surface area contributed by atoms with E-state index >= 15 is 0 Å². The molecule has 0 radical (unpaired) electrons. The lowest BCUT2D eigenvalue weighted by Gasteiger charge is -2.32. The molecular weight excluding hydrogens is 155 g/mol. The molecule has 2 fully saturated rings. The lowest BCUT2D eigenvalue weighted by atomic mass is 10.1. The number of hydrogen-bond donors (Lipinski definition) is 0. The Kier molecular flexibility index (Phi) is 1.29. The van der Waals surface area contributed by atoms with Gasteiger partial charge in [-0.1, -0.05) is 0 Å². The van der Waals surface area contributed by atoms with Crippen LogP contribution in [0.2, 0.25) is 0 Å². The van der Waals surface area contributed by atoms with Crippen LogP contribution in [0.1, 0.15) is 12.8 Å². The maximum Gasteiger partial charge on any atom is 0.561 e. The van der Waals surface area contributed by atoms with Crippen molar-refractivity contribution < 1.29 is 17.7 Å². The average Bonchev–Trinajstić information content (AvgIpc) is 2.42. The Hall–Kier alpha value is -0.250. The van der Waals surface area contributed by atoms with Crippen molar-refractivity contribution in [1.29, 1.82) is 0 Å². The van der Waals surface area contributed by atoms with E-state index in [0.717, 1.165) is 12.8 Å². The highest BCUT2D eigenvalue weighted by Gasteiger charge is 2.61. The van der Waals surface area contributed by atoms with Crippen LogP contribution in [0.3, 0.4) is 0 Å². The van der Waals surface area contributed by atoms with E-state index in [1.54, 1.807) is 0 Å². The molecule has 0 unspecified atom stereocenters. The summed E-state index contributed by atoms with van der Waals surface area (Å²) in [6.07, 6.45) is -2.44. The molecule has 64 valence electrons. The summed E-state index contributed by atoms with van der Waals surface area (Å²) in [6, 6.07) is 0. The van der Waals surface area contributed by atoms with Crippen molar-refractivity contribution >= 4 is 0 Å². The zero-order chi connectivity index (χ0) is 8.11. The van der Waals surface area contributed by atoms with E-state index in [-0.39, 0.29) is 0 Å². The van der Waals surface area contributed by atoms with Crippen molar-refractivity contribution in [3.8, 4) is 0 Å². The third kappa shape index (κ3) is 0.883. The van der Waals surface area contributed by atoms with E-state index in [0.29, 0.717) is 25.6 Å². The Labute approximate surface area is 63.4 Å². The number of halogens is 3. The van der Waals surface area contributed by atoms with Gasteiger partial charge in [-0.2, -0.15) is 0 Å². The van der Waals surface area contributed by atoms with Crippen molar-refractivity contribution in [2.75, 3.05) is 19.6 Å². The van der Waals surface area contributed by atoms with Crippen LogP contribution in [-0.2, 0) is 0 Å². The summed E-state index contributed by atoms with van der Waals surface area (Å²) >= 11 is 0. The molecule has 0 saturated carbocycles. The first-order valence-electron chi connectivity index (χ1n) is 3.96. The normalized spacial score (nSPS) is 43.4. The summed E-state index contributed by atoms with van der Waals surface area (Å²) in [5.41, 5.74) is 0. The number of rotatable bonds is 0. The number of alkyl halides is 3. The summed E-state index contributed by atoms with van der Waals surface area (Å²) in [4.78, 5) is 0. The molecule has 0 aromatic carbocycles. The summed E-state index contributed by atoms with van der Waals surface area (Å²) in [6.45, 7) is 1.01. The lowest BCUT2D eigenvalue weighted by Crippen LogP contribution is -2.54. The molecule has 2 aliphatic heterocycles. The molecule has 0 aliphatic carbocycles. The minimum Gasteiger partial charge on any atom is -0.230 e. The zero-order valence-corrected chi connectivity index (χ0v) is 6.19. The maximum atomic E-state index is 12.4. The van der Waals surface area contributed by atoms with Crippen LogP contribution in [0.15, 0.2) is 0 Å². The second kappa shape index (κ2) is 1.91. The number of hydrogen-bond acceptors (Lipinski definition) is 0. The van der Waals surface area contributed by atoms with Crippen molar-refractivity contribution in [3.05, 3.63) is 0 Å². The van der Waals surface area contributed by atoms with E-state index in [1.807, 2.05) is 0 Å². The number of quaternary nitrogens is 1. The molecule has 2 saturated heterocycles. The molecule has 1 nitrogen and oxygen atoms in total. The van der Waals surface area contributed by atoms with Gasteiger partial charge in [0.2, 0.25) is 0 Å². The fourth-order valence-corrected chi connectivity index (χ4v) is 2.33. The first-order chi connectivity index (χ1) is 5.04. The van der Waals surface area contributed by atoms with Crippen LogP contribution >= 0.6 is 0 Å². The van der Waals surface area contributed by atoms with E-state index in [4.69, 9.17) is 0 Å². The van der Waals surface area contributed by atoms with E-state index in [1.165, 1.54) is 0 Å². The highest BCUT2D eigenvalue weighted by molar-refractivity contribution is 4.74. The molecule has 2 bridgehead atoms. The molecule has 2 aliphatic rings. The standard InChI is InChI=1S/C7H11F3N/c8-7(9,10)11-3-1-6(5-11)2-4-11/h6H,1-5H2/q+1. The minimum atomic E-state index is -3.99. The molecule has 2 rings (SSSR count). The summed E-state index contributed by atoms with van der Waals surface area (Å²) in [5, 5.41) is 0. The highest BCUT2D eigenvalue weighted by atomic mass is 19.4. The molecule has 0 atom stereocenters. The molecule has 0 aromatic rings. The Morgan fingerprint density at radius 2 is 1.64 bits per heavy atom. The quantitative estimate of drug-likeness (QED) is 0.380. The Balaban J connectivity index is 2.23. The van der Waals surface area contributed by atoms with Crippen LogP contribution < -0.4 is 0 Å². The Morgan fingerprint density at radius 3 is 1.82 bits per heavy atom. The lowest BCUT2D eigenvalue weighted by molar-refractivity contribution is -1.01. The van der Waals surface area contributed by atoms with Crippen LogP contribution in [0.4, 0.5) is 13.2 Å². The van der Waals surface area contributed by atoms with Crippen LogP contribution in [0.25, 0.3) is 0 Å². The molecule has 11 heavy (non-hydrogen) atoms. The third-order valence-electron chi connectivity index (χ3n) is 3.08. The molecule has 0 amide bonds. The molecule has 2 heterocycles.